The average molecular weight is 338 g/mol. The number of amides is 2. The van der Waals surface area contributed by atoms with Gasteiger partial charge >= 0.3 is 6.03 Å². The van der Waals surface area contributed by atoms with Crippen molar-refractivity contribution < 1.29 is 4.79 Å². The maximum Gasteiger partial charge on any atom is 0.317 e. The van der Waals surface area contributed by atoms with Crippen LogP contribution in [0.3, 0.4) is 0 Å². The van der Waals surface area contributed by atoms with Crippen LogP contribution in [-0.2, 0) is 6.54 Å². The number of hydrogen-bond acceptors (Lipinski definition) is 3. The van der Waals surface area contributed by atoms with Gasteiger partial charge in [0, 0.05) is 50.8 Å². The van der Waals surface area contributed by atoms with Crippen molar-refractivity contribution in [2.45, 2.75) is 27.3 Å². The second kappa shape index (κ2) is 7.55. The van der Waals surface area contributed by atoms with Gasteiger partial charge in [-0.15, -0.1) is 0 Å². The Bertz CT molecular complexity index is 714. The normalized spacial score (nSPS) is 14.5. The molecule has 2 heterocycles. The summed E-state index contributed by atoms with van der Waals surface area (Å²) < 4.78 is 0. The molecule has 2 aromatic rings. The fourth-order valence-electron chi connectivity index (χ4n) is 3.49. The van der Waals surface area contributed by atoms with Crippen molar-refractivity contribution in [2.75, 3.05) is 31.1 Å². The molecule has 1 saturated heterocycles. The highest BCUT2D eigenvalue weighted by Gasteiger charge is 2.21. The first-order valence-corrected chi connectivity index (χ1v) is 8.79. The molecule has 1 aliphatic rings. The molecule has 0 saturated carbocycles. The Morgan fingerprint density at radius 1 is 1.04 bits per heavy atom. The van der Waals surface area contributed by atoms with Crippen molar-refractivity contribution in [2.24, 2.45) is 0 Å². The predicted molar refractivity (Wildman–Crippen MR) is 101 cm³/mol. The lowest BCUT2D eigenvalue weighted by Gasteiger charge is -2.36. The average Bonchev–Trinajstić information content (AvgIpc) is 2.61. The predicted octanol–water partition coefficient (Wildman–Crippen LogP) is 3.04. The van der Waals surface area contributed by atoms with Gasteiger partial charge in [-0.05, 0) is 49.6 Å². The quantitative estimate of drug-likeness (QED) is 0.936. The zero-order chi connectivity index (χ0) is 17.8. The zero-order valence-corrected chi connectivity index (χ0v) is 15.2. The number of pyridine rings is 1. The highest BCUT2D eigenvalue weighted by molar-refractivity contribution is 5.74. The first-order chi connectivity index (χ1) is 12.0. The molecule has 1 N–H and O–H groups in total. The maximum atomic E-state index is 12.5. The van der Waals surface area contributed by atoms with Crippen LogP contribution in [0.4, 0.5) is 10.5 Å². The Labute approximate surface area is 149 Å². The number of piperazine rings is 1. The maximum absolute atomic E-state index is 12.5. The summed E-state index contributed by atoms with van der Waals surface area (Å²) in [6.07, 6.45) is 3.61. The Hall–Kier alpha value is -2.56. The molecule has 0 radical (unpaired) electrons. The fraction of sp³-hybridized carbons (Fsp3) is 0.400. The summed E-state index contributed by atoms with van der Waals surface area (Å²) in [4.78, 5) is 20.7. The summed E-state index contributed by atoms with van der Waals surface area (Å²) in [6.45, 7) is 10.1. The van der Waals surface area contributed by atoms with Crippen LogP contribution in [0.25, 0.3) is 0 Å². The van der Waals surface area contributed by atoms with Gasteiger partial charge in [0.15, 0.2) is 0 Å². The smallest absolute Gasteiger partial charge is 0.317 e. The SMILES string of the molecule is Cc1cc(C)c(CNC(=O)N2CCN(c3ccncc3)CC2)c(C)c1. The zero-order valence-electron chi connectivity index (χ0n) is 15.2. The van der Waals surface area contributed by atoms with Gasteiger partial charge in [0.2, 0.25) is 0 Å². The van der Waals surface area contributed by atoms with E-state index in [1.165, 1.54) is 27.9 Å². The van der Waals surface area contributed by atoms with E-state index in [1.54, 1.807) is 12.4 Å². The van der Waals surface area contributed by atoms with Crippen molar-refractivity contribution in [3.8, 4) is 0 Å². The van der Waals surface area contributed by atoms with E-state index < -0.39 is 0 Å². The molecule has 132 valence electrons. The Morgan fingerprint density at radius 3 is 2.24 bits per heavy atom. The van der Waals surface area contributed by atoms with Crippen LogP contribution in [0.2, 0.25) is 0 Å². The van der Waals surface area contributed by atoms with Crippen LogP contribution in [0, 0.1) is 20.8 Å². The number of hydrogen-bond donors (Lipinski definition) is 1. The van der Waals surface area contributed by atoms with Gasteiger partial charge in [0.25, 0.3) is 0 Å². The molecule has 1 aromatic carbocycles. The molecule has 1 aliphatic heterocycles. The first kappa shape index (κ1) is 17.3. The summed E-state index contributed by atoms with van der Waals surface area (Å²) in [7, 11) is 0. The molecule has 0 atom stereocenters. The number of nitrogens with zero attached hydrogens (tertiary/aromatic N) is 3. The molecule has 0 bridgehead atoms. The second-order valence-corrected chi connectivity index (χ2v) is 6.72. The lowest BCUT2D eigenvalue weighted by atomic mass is 10.00. The number of rotatable bonds is 3. The van der Waals surface area contributed by atoms with Crippen LogP contribution >= 0.6 is 0 Å². The molecule has 1 fully saturated rings. The van der Waals surface area contributed by atoms with Gasteiger partial charge < -0.3 is 15.1 Å². The Balaban J connectivity index is 1.53. The number of aryl methyl sites for hydroxylation is 3. The van der Waals surface area contributed by atoms with E-state index in [2.05, 4.69) is 48.1 Å². The van der Waals surface area contributed by atoms with Crippen LogP contribution in [0.1, 0.15) is 22.3 Å². The number of nitrogens with one attached hydrogen (secondary N) is 1. The van der Waals surface area contributed by atoms with E-state index in [9.17, 15) is 4.79 Å². The van der Waals surface area contributed by atoms with Gasteiger partial charge in [0.05, 0.1) is 0 Å². The van der Waals surface area contributed by atoms with Crippen molar-refractivity contribution in [1.29, 1.82) is 0 Å². The lowest BCUT2D eigenvalue weighted by Crippen LogP contribution is -2.51. The van der Waals surface area contributed by atoms with Gasteiger partial charge in [-0.3, -0.25) is 4.98 Å². The molecule has 0 unspecified atom stereocenters. The standard InChI is InChI=1S/C20H26N4O/c1-15-12-16(2)19(17(3)13-15)14-22-20(25)24-10-8-23(9-11-24)18-4-6-21-7-5-18/h4-7,12-13H,8-11,14H2,1-3H3,(H,22,25). The highest BCUT2D eigenvalue weighted by Crippen LogP contribution is 2.17. The number of carbonyl (C=O) groups is 1. The van der Waals surface area contributed by atoms with E-state index in [4.69, 9.17) is 0 Å². The van der Waals surface area contributed by atoms with E-state index in [0.29, 0.717) is 6.54 Å². The summed E-state index contributed by atoms with van der Waals surface area (Å²) in [5.74, 6) is 0. The fourth-order valence-corrected chi connectivity index (χ4v) is 3.49. The Kier molecular flexibility index (Phi) is 5.22. The molecule has 5 nitrogen and oxygen atoms in total. The van der Waals surface area contributed by atoms with Crippen molar-refractivity contribution in [1.82, 2.24) is 15.2 Å². The molecular formula is C20H26N4O. The molecule has 3 rings (SSSR count). The molecule has 0 spiro atoms. The minimum absolute atomic E-state index is 0.0220. The summed E-state index contributed by atoms with van der Waals surface area (Å²) >= 11 is 0. The van der Waals surface area contributed by atoms with Crippen LogP contribution in [-0.4, -0.2) is 42.1 Å². The third-order valence-corrected chi connectivity index (χ3v) is 4.85. The number of anilines is 1. The minimum atomic E-state index is 0.0220. The topological polar surface area (TPSA) is 48.5 Å². The minimum Gasteiger partial charge on any atom is -0.368 e. The first-order valence-electron chi connectivity index (χ1n) is 8.79. The summed E-state index contributed by atoms with van der Waals surface area (Å²) in [5, 5.41) is 3.08. The monoisotopic (exact) mass is 338 g/mol. The number of aromatic nitrogens is 1. The van der Waals surface area contributed by atoms with Crippen molar-refractivity contribution in [3.05, 3.63) is 58.9 Å². The number of urea groups is 1. The van der Waals surface area contributed by atoms with Crippen LogP contribution in [0.15, 0.2) is 36.7 Å². The van der Waals surface area contributed by atoms with Crippen LogP contribution in [0.5, 0.6) is 0 Å². The van der Waals surface area contributed by atoms with Crippen molar-refractivity contribution >= 4 is 11.7 Å². The third-order valence-electron chi connectivity index (χ3n) is 4.85. The lowest BCUT2D eigenvalue weighted by molar-refractivity contribution is 0.194. The second-order valence-electron chi connectivity index (χ2n) is 6.72. The summed E-state index contributed by atoms with van der Waals surface area (Å²) in [6, 6.07) is 8.38. The number of carbonyl (C=O) groups excluding carboxylic acids is 1. The van der Waals surface area contributed by atoms with Crippen LogP contribution < -0.4 is 10.2 Å². The molecule has 1 aromatic heterocycles. The van der Waals surface area contributed by atoms with E-state index in [1.807, 2.05) is 17.0 Å². The molecule has 25 heavy (non-hydrogen) atoms. The molecule has 0 aliphatic carbocycles. The summed E-state index contributed by atoms with van der Waals surface area (Å²) in [5.41, 5.74) is 6.12. The van der Waals surface area contributed by atoms with Crippen molar-refractivity contribution in [3.63, 3.8) is 0 Å². The van der Waals surface area contributed by atoms with Gasteiger partial charge in [-0.1, -0.05) is 17.7 Å². The molecular weight excluding hydrogens is 312 g/mol. The largest absolute Gasteiger partial charge is 0.368 e. The Morgan fingerprint density at radius 2 is 1.64 bits per heavy atom. The highest BCUT2D eigenvalue weighted by atomic mass is 16.2. The third kappa shape index (κ3) is 4.10. The van der Waals surface area contributed by atoms with E-state index in [-0.39, 0.29) is 6.03 Å². The van der Waals surface area contributed by atoms with E-state index in [0.717, 1.165) is 26.2 Å². The van der Waals surface area contributed by atoms with Gasteiger partial charge in [0.1, 0.15) is 0 Å². The van der Waals surface area contributed by atoms with Gasteiger partial charge in [-0.2, -0.15) is 0 Å². The number of benzene rings is 1. The molecule has 2 amide bonds. The van der Waals surface area contributed by atoms with Gasteiger partial charge in [-0.25, -0.2) is 4.79 Å². The molecule has 5 heteroatoms. The van der Waals surface area contributed by atoms with E-state index >= 15 is 0 Å².